The van der Waals surface area contributed by atoms with Crippen molar-refractivity contribution in [3.63, 3.8) is 0 Å². The Kier molecular flexibility index (Phi) is 3.31. The minimum atomic E-state index is -1.20. The molecule has 0 aromatic carbocycles. The highest BCUT2D eigenvalue weighted by molar-refractivity contribution is 7.12. The van der Waals surface area contributed by atoms with Crippen molar-refractivity contribution in [3.8, 4) is 0 Å². The van der Waals surface area contributed by atoms with Crippen LogP contribution in [-0.4, -0.2) is 17.6 Å². The lowest BCUT2D eigenvalue weighted by Gasteiger charge is -2.20. The van der Waals surface area contributed by atoms with Crippen LogP contribution < -0.4 is 5.32 Å². The molecule has 0 spiro atoms. The van der Waals surface area contributed by atoms with Gasteiger partial charge in [-0.3, -0.25) is 4.79 Å². The number of nitrogens with one attached hydrogen (secondary N) is 1. The van der Waals surface area contributed by atoms with E-state index in [1.54, 1.807) is 25.1 Å². The number of amides is 1. The maximum Gasteiger partial charge on any atom is 0.261 e. The van der Waals surface area contributed by atoms with Gasteiger partial charge in [0.15, 0.2) is 0 Å². The van der Waals surface area contributed by atoms with Crippen LogP contribution in [0.1, 0.15) is 22.4 Å². The molecule has 0 saturated heterocycles. The van der Waals surface area contributed by atoms with Crippen molar-refractivity contribution in [3.05, 3.63) is 46.5 Å². The van der Waals surface area contributed by atoms with E-state index in [0.29, 0.717) is 10.6 Å². The summed E-state index contributed by atoms with van der Waals surface area (Å²) in [6.45, 7) is 1.71. The third-order valence-corrected chi connectivity index (χ3v) is 3.26. The van der Waals surface area contributed by atoms with Gasteiger partial charge in [0.1, 0.15) is 11.4 Å². The van der Waals surface area contributed by atoms with Crippen LogP contribution in [0.2, 0.25) is 0 Å². The fourth-order valence-electron chi connectivity index (χ4n) is 1.42. The predicted molar refractivity (Wildman–Crippen MR) is 64.9 cm³/mol. The normalized spacial score (nSPS) is 14.2. The molecular formula is C12H13NO3S. The van der Waals surface area contributed by atoms with Crippen molar-refractivity contribution in [2.75, 3.05) is 6.54 Å². The van der Waals surface area contributed by atoms with Crippen molar-refractivity contribution in [1.29, 1.82) is 0 Å². The first-order chi connectivity index (χ1) is 8.09. The van der Waals surface area contributed by atoms with Crippen LogP contribution >= 0.6 is 11.3 Å². The van der Waals surface area contributed by atoms with Crippen LogP contribution in [0.25, 0.3) is 0 Å². The van der Waals surface area contributed by atoms with Gasteiger partial charge in [0.25, 0.3) is 5.91 Å². The molecule has 5 heteroatoms. The largest absolute Gasteiger partial charge is 0.466 e. The van der Waals surface area contributed by atoms with Gasteiger partial charge >= 0.3 is 0 Å². The molecular weight excluding hydrogens is 238 g/mol. The lowest BCUT2D eigenvalue weighted by molar-refractivity contribution is 0.0331. The van der Waals surface area contributed by atoms with Gasteiger partial charge in [0.05, 0.1) is 17.7 Å². The Morgan fingerprint density at radius 3 is 2.94 bits per heavy atom. The quantitative estimate of drug-likeness (QED) is 0.873. The van der Waals surface area contributed by atoms with Gasteiger partial charge in [0.2, 0.25) is 0 Å². The average molecular weight is 251 g/mol. The molecule has 0 aliphatic heterocycles. The summed E-state index contributed by atoms with van der Waals surface area (Å²) in [7, 11) is 0. The monoisotopic (exact) mass is 251 g/mol. The summed E-state index contributed by atoms with van der Waals surface area (Å²) in [5.74, 6) is 0.246. The minimum absolute atomic E-state index is 0.108. The van der Waals surface area contributed by atoms with E-state index in [4.69, 9.17) is 4.42 Å². The molecule has 0 bridgehead atoms. The summed E-state index contributed by atoms with van der Waals surface area (Å²) in [5, 5.41) is 14.6. The van der Waals surface area contributed by atoms with Gasteiger partial charge in [-0.15, -0.1) is 11.3 Å². The van der Waals surface area contributed by atoms with Crippen LogP contribution in [0, 0.1) is 0 Å². The van der Waals surface area contributed by atoms with Gasteiger partial charge in [-0.2, -0.15) is 0 Å². The molecule has 0 fully saturated rings. The number of rotatable bonds is 4. The molecule has 17 heavy (non-hydrogen) atoms. The maximum atomic E-state index is 11.7. The summed E-state index contributed by atoms with van der Waals surface area (Å²) in [4.78, 5) is 12.3. The van der Waals surface area contributed by atoms with E-state index in [0.717, 1.165) is 0 Å². The van der Waals surface area contributed by atoms with E-state index in [1.807, 2.05) is 11.4 Å². The van der Waals surface area contributed by atoms with Gasteiger partial charge < -0.3 is 14.8 Å². The first-order valence-corrected chi connectivity index (χ1v) is 6.05. The highest BCUT2D eigenvalue weighted by atomic mass is 32.1. The van der Waals surface area contributed by atoms with E-state index in [-0.39, 0.29) is 12.5 Å². The van der Waals surface area contributed by atoms with Gasteiger partial charge in [-0.1, -0.05) is 6.07 Å². The zero-order valence-electron chi connectivity index (χ0n) is 9.34. The van der Waals surface area contributed by atoms with Crippen LogP contribution in [0.15, 0.2) is 40.3 Å². The predicted octanol–water partition coefficient (Wildman–Crippen LogP) is 1.98. The molecule has 0 radical (unpaired) electrons. The number of hydrogen-bond acceptors (Lipinski definition) is 4. The Bertz CT molecular complexity index is 474. The second-order valence-electron chi connectivity index (χ2n) is 3.91. The first kappa shape index (κ1) is 11.9. The van der Waals surface area contributed by atoms with Gasteiger partial charge in [-0.25, -0.2) is 0 Å². The molecule has 0 saturated carbocycles. The number of furan rings is 1. The zero-order chi connectivity index (χ0) is 12.3. The highest BCUT2D eigenvalue weighted by Crippen LogP contribution is 2.20. The molecule has 1 atom stereocenters. The topological polar surface area (TPSA) is 62.5 Å². The number of hydrogen-bond donors (Lipinski definition) is 2. The Hall–Kier alpha value is -1.59. The fraction of sp³-hybridized carbons (Fsp3) is 0.250. The number of aliphatic hydroxyl groups is 1. The molecule has 1 amide bonds. The van der Waals surface area contributed by atoms with E-state index >= 15 is 0 Å². The van der Waals surface area contributed by atoms with Crippen molar-refractivity contribution in [1.82, 2.24) is 5.32 Å². The summed E-state index contributed by atoms with van der Waals surface area (Å²) < 4.78 is 5.12. The number of carbonyl (C=O) groups excluding carboxylic acids is 1. The average Bonchev–Trinajstić information content (AvgIpc) is 2.97. The van der Waals surface area contributed by atoms with Crippen molar-refractivity contribution >= 4 is 17.2 Å². The van der Waals surface area contributed by atoms with Crippen molar-refractivity contribution in [2.24, 2.45) is 0 Å². The fourth-order valence-corrected chi connectivity index (χ4v) is 2.06. The molecule has 2 rings (SSSR count). The van der Waals surface area contributed by atoms with Crippen LogP contribution in [0.4, 0.5) is 0 Å². The van der Waals surface area contributed by atoms with Crippen LogP contribution in [0.5, 0.6) is 0 Å². The molecule has 90 valence electrons. The summed E-state index contributed by atoms with van der Waals surface area (Å²) in [6, 6.07) is 6.92. The van der Waals surface area contributed by atoms with Crippen LogP contribution in [0.3, 0.4) is 0 Å². The van der Waals surface area contributed by atoms with Crippen molar-refractivity contribution < 1.29 is 14.3 Å². The van der Waals surface area contributed by atoms with Gasteiger partial charge in [0, 0.05) is 0 Å². The molecule has 2 aromatic heterocycles. The molecule has 4 nitrogen and oxygen atoms in total. The lowest BCUT2D eigenvalue weighted by atomic mass is 10.0. The lowest BCUT2D eigenvalue weighted by Crippen LogP contribution is -2.38. The SMILES string of the molecule is CC(O)(CNC(=O)c1cccs1)c1ccco1. The molecule has 0 aliphatic carbocycles. The summed E-state index contributed by atoms with van der Waals surface area (Å²) in [6.07, 6.45) is 1.49. The van der Waals surface area contributed by atoms with E-state index < -0.39 is 5.60 Å². The van der Waals surface area contributed by atoms with Crippen molar-refractivity contribution in [2.45, 2.75) is 12.5 Å². The second-order valence-corrected chi connectivity index (χ2v) is 4.86. The third kappa shape index (κ3) is 2.75. The van der Waals surface area contributed by atoms with E-state index in [2.05, 4.69) is 5.32 Å². The number of carbonyl (C=O) groups is 1. The first-order valence-electron chi connectivity index (χ1n) is 5.18. The Balaban J connectivity index is 1.96. The van der Waals surface area contributed by atoms with Gasteiger partial charge in [-0.05, 0) is 30.5 Å². The molecule has 2 aromatic rings. The molecule has 0 aliphatic rings. The summed E-state index contributed by atoms with van der Waals surface area (Å²) >= 11 is 1.36. The Morgan fingerprint density at radius 2 is 2.35 bits per heavy atom. The third-order valence-electron chi connectivity index (χ3n) is 2.39. The maximum absolute atomic E-state index is 11.7. The molecule has 2 N–H and O–H groups in total. The van der Waals surface area contributed by atoms with Crippen LogP contribution in [-0.2, 0) is 5.60 Å². The zero-order valence-corrected chi connectivity index (χ0v) is 10.2. The number of thiophene rings is 1. The van der Waals surface area contributed by atoms with E-state index in [9.17, 15) is 9.90 Å². The minimum Gasteiger partial charge on any atom is -0.466 e. The smallest absolute Gasteiger partial charge is 0.261 e. The Labute approximate surface area is 103 Å². The standard InChI is InChI=1S/C12H13NO3S/c1-12(15,10-5-2-6-16-10)8-13-11(14)9-4-3-7-17-9/h2-7,15H,8H2,1H3,(H,13,14). The highest BCUT2D eigenvalue weighted by Gasteiger charge is 2.26. The second kappa shape index (κ2) is 4.73. The summed E-state index contributed by atoms with van der Waals surface area (Å²) in [5.41, 5.74) is -1.20. The molecule has 2 heterocycles. The van der Waals surface area contributed by atoms with E-state index in [1.165, 1.54) is 17.6 Å². The Morgan fingerprint density at radius 1 is 1.53 bits per heavy atom. The molecule has 1 unspecified atom stereocenters.